The Morgan fingerprint density at radius 1 is 1.08 bits per heavy atom. The van der Waals surface area contributed by atoms with Crippen molar-refractivity contribution in [1.29, 1.82) is 0 Å². The summed E-state index contributed by atoms with van der Waals surface area (Å²) in [5.74, 6) is 1.98. The first-order valence-corrected chi connectivity index (χ1v) is 9.45. The number of aromatic nitrogens is 1. The molecule has 5 nitrogen and oxygen atoms in total. The lowest BCUT2D eigenvalue weighted by molar-refractivity contribution is 0.276. The Morgan fingerprint density at radius 2 is 1.96 bits per heavy atom. The summed E-state index contributed by atoms with van der Waals surface area (Å²) in [6.07, 6.45) is 3.53. The van der Waals surface area contributed by atoms with E-state index in [1.54, 1.807) is 6.20 Å². The van der Waals surface area contributed by atoms with Gasteiger partial charge in [-0.15, -0.1) is 0 Å². The molecule has 0 aliphatic heterocycles. The van der Waals surface area contributed by atoms with Gasteiger partial charge in [-0.05, 0) is 50.1 Å². The fourth-order valence-corrected chi connectivity index (χ4v) is 2.66. The molecule has 2 aromatic rings. The van der Waals surface area contributed by atoms with Crippen LogP contribution in [0.25, 0.3) is 0 Å². The predicted octanol–water partition coefficient (Wildman–Crippen LogP) is 4.48. The molecule has 0 fully saturated rings. The van der Waals surface area contributed by atoms with Crippen molar-refractivity contribution in [1.82, 2.24) is 10.3 Å². The minimum Gasteiger partial charge on any atom is -0.490 e. The Hall–Kier alpha value is -1.98. The van der Waals surface area contributed by atoms with E-state index >= 15 is 0 Å². The monoisotopic (exact) mass is 378 g/mol. The minimum absolute atomic E-state index is 0.570. The van der Waals surface area contributed by atoms with Crippen LogP contribution in [-0.2, 0) is 6.54 Å². The van der Waals surface area contributed by atoms with Crippen molar-refractivity contribution >= 4 is 11.6 Å². The second kappa shape index (κ2) is 11.6. The van der Waals surface area contributed by atoms with Crippen LogP contribution in [0.4, 0.5) is 0 Å². The number of pyridine rings is 1. The molecule has 26 heavy (non-hydrogen) atoms. The van der Waals surface area contributed by atoms with E-state index < -0.39 is 0 Å². The van der Waals surface area contributed by atoms with Gasteiger partial charge in [-0.1, -0.05) is 24.6 Å². The van der Waals surface area contributed by atoms with Crippen LogP contribution in [0.5, 0.6) is 17.4 Å². The highest BCUT2D eigenvalue weighted by Crippen LogP contribution is 2.36. The summed E-state index contributed by atoms with van der Waals surface area (Å²) >= 11 is 6.38. The molecule has 1 heterocycles. The van der Waals surface area contributed by atoms with Crippen LogP contribution in [0, 0.1) is 0 Å². The maximum Gasteiger partial charge on any atom is 0.213 e. The molecule has 0 amide bonds. The number of ether oxygens (including phenoxy) is 3. The number of hydrogen-bond acceptors (Lipinski definition) is 5. The molecule has 0 bridgehead atoms. The largest absolute Gasteiger partial charge is 0.490 e. The number of nitrogens with one attached hydrogen (secondary N) is 1. The standard InChI is InChI=1S/C20H27ClN2O3/c1-3-11-26-20-17(21)13-16(14-18(20)24-4-2)15-22-9-7-12-25-19-8-5-6-10-23-19/h5-6,8,10,13-14,22H,3-4,7,9,11-12,15H2,1-2H3. The normalized spacial score (nSPS) is 10.6. The van der Waals surface area contributed by atoms with Crippen molar-refractivity contribution in [3.63, 3.8) is 0 Å². The van der Waals surface area contributed by atoms with Crippen LogP contribution in [0.15, 0.2) is 36.5 Å². The molecule has 0 aliphatic carbocycles. The van der Waals surface area contributed by atoms with Gasteiger partial charge >= 0.3 is 0 Å². The van der Waals surface area contributed by atoms with Gasteiger partial charge in [0.15, 0.2) is 11.5 Å². The quantitative estimate of drug-likeness (QED) is 0.552. The average molecular weight is 379 g/mol. The molecule has 6 heteroatoms. The van der Waals surface area contributed by atoms with Crippen molar-refractivity contribution in [2.24, 2.45) is 0 Å². The Kier molecular flexibility index (Phi) is 9.07. The van der Waals surface area contributed by atoms with Gasteiger partial charge < -0.3 is 19.5 Å². The summed E-state index contributed by atoms with van der Waals surface area (Å²) < 4.78 is 17.0. The van der Waals surface area contributed by atoms with E-state index in [0.29, 0.717) is 48.8 Å². The van der Waals surface area contributed by atoms with Crippen molar-refractivity contribution in [3.05, 3.63) is 47.1 Å². The fraction of sp³-hybridized carbons (Fsp3) is 0.450. The van der Waals surface area contributed by atoms with E-state index in [0.717, 1.165) is 24.9 Å². The zero-order valence-corrected chi connectivity index (χ0v) is 16.2. The molecule has 0 unspecified atom stereocenters. The molecule has 1 N–H and O–H groups in total. The summed E-state index contributed by atoms with van der Waals surface area (Å²) in [6, 6.07) is 9.54. The number of benzene rings is 1. The van der Waals surface area contributed by atoms with Gasteiger partial charge in [0.1, 0.15) is 0 Å². The van der Waals surface area contributed by atoms with Gasteiger partial charge in [0, 0.05) is 18.8 Å². The van der Waals surface area contributed by atoms with Crippen molar-refractivity contribution in [2.45, 2.75) is 33.2 Å². The third kappa shape index (κ3) is 6.73. The summed E-state index contributed by atoms with van der Waals surface area (Å²) in [7, 11) is 0. The molecule has 0 aliphatic rings. The Bertz CT molecular complexity index is 653. The highest BCUT2D eigenvalue weighted by Gasteiger charge is 2.12. The molecule has 1 aromatic heterocycles. The predicted molar refractivity (Wildman–Crippen MR) is 104 cm³/mol. The lowest BCUT2D eigenvalue weighted by Crippen LogP contribution is -2.17. The summed E-state index contributed by atoms with van der Waals surface area (Å²) in [6.45, 7) is 7.36. The molecule has 0 atom stereocenters. The molecule has 0 spiro atoms. The van der Waals surface area contributed by atoms with E-state index in [9.17, 15) is 0 Å². The molecule has 142 valence electrons. The van der Waals surface area contributed by atoms with Crippen LogP contribution in [0.3, 0.4) is 0 Å². The van der Waals surface area contributed by atoms with E-state index in [1.165, 1.54) is 0 Å². The number of nitrogens with zero attached hydrogens (tertiary/aromatic N) is 1. The van der Waals surface area contributed by atoms with Gasteiger partial charge in [-0.2, -0.15) is 0 Å². The molecular formula is C20H27ClN2O3. The first-order valence-electron chi connectivity index (χ1n) is 9.07. The van der Waals surface area contributed by atoms with E-state index in [2.05, 4.69) is 17.2 Å². The number of rotatable bonds is 12. The van der Waals surface area contributed by atoms with Crippen LogP contribution < -0.4 is 19.5 Å². The molecule has 1 aromatic carbocycles. The number of hydrogen-bond donors (Lipinski definition) is 1. The Morgan fingerprint density at radius 3 is 2.69 bits per heavy atom. The van der Waals surface area contributed by atoms with E-state index in [4.69, 9.17) is 25.8 Å². The van der Waals surface area contributed by atoms with Crippen LogP contribution in [0.2, 0.25) is 5.02 Å². The molecular weight excluding hydrogens is 352 g/mol. The fourth-order valence-electron chi connectivity index (χ4n) is 2.37. The smallest absolute Gasteiger partial charge is 0.213 e. The maximum absolute atomic E-state index is 6.38. The van der Waals surface area contributed by atoms with E-state index in [1.807, 2.05) is 37.3 Å². The van der Waals surface area contributed by atoms with E-state index in [-0.39, 0.29) is 0 Å². The zero-order chi connectivity index (χ0) is 18.6. The first kappa shape index (κ1) is 20.3. The summed E-state index contributed by atoms with van der Waals surface area (Å²) in [4.78, 5) is 4.13. The van der Waals surface area contributed by atoms with Gasteiger partial charge in [0.25, 0.3) is 0 Å². The van der Waals surface area contributed by atoms with Crippen molar-refractivity contribution in [3.8, 4) is 17.4 Å². The average Bonchev–Trinajstić information content (AvgIpc) is 2.65. The molecule has 0 saturated carbocycles. The highest BCUT2D eigenvalue weighted by molar-refractivity contribution is 6.32. The minimum atomic E-state index is 0.570. The van der Waals surface area contributed by atoms with Crippen molar-refractivity contribution < 1.29 is 14.2 Å². The second-order valence-electron chi connectivity index (χ2n) is 5.73. The number of halogens is 1. The van der Waals surface area contributed by atoms with Gasteiger partial charge in [-0.25, -0.2) is 4.98 Å². The van der Waals surface area contributed by atoms with Gasteiger partial charge in [0.05, 0.1) is 24.8 Å². The highest BCUT2D eigenvalue weighted by atomic mass is 35.5. The zero-order valence-electron chi connectivity index (χ0n) is 15.5. The summed E-state index contributed by atoms with van der Waals surface area (Å²) in [5.41, 5.74) is 1.06. The van der Waals surface area contributed by atoms with Crippen LogP contribution in [0.1, 0.15) is 32.3 Å². The first-order chi connectivity index (χ1) is 12.7. The lowest BCUT2D eigenvalue weighted by atomic mass is 10.2. The summed E-state index contributed by atoms with van der Waals surface area (Å²) in [5, 5.41) is 3.97. The topological polar surface area (TPSA) is 52.6 Å². The maximum atomic E-state index is 6.38. The SMILES string of the molecule is CCCOc1c(Cl)cc(CNCCCOc2ccccn2)cc1OCC. The van der Waals surface area contributed by atoms with Gasteiger partial charge in [0.2, 0.25) is 5.88 Å². The van der Waals surface area contributed by atoms with Crippen LogP contribution in [-0.4, -0.2) is 31.3 Å². The Balaban J connectivity index is 1.79. The molecule has 0 radical (unpaired) electrons. The third-order valence-electron chi connectivity index (χ3n) is 3.53. The van der Waals surface area contributed by atoms with Gasteiger partial charge in [-0.3, -0.25) is 0 Å². The lowest BCUT2D eigenvalue weighted by Gasteiger charge is -2.15. The van der Waals surface area contributed by atoms with Crippen molar-refractivity contribution in [2.75, 3.05) is 26.4 Å². The molecule has 2 rings (SSSR count). The Labute approximate surface area is 160 Å². The molecule has 0 saturated heterocycles. The third-order valence-corrected chi connectivity index (χ3v) is 3.82. The second-order valence-corrected chi connectivity index (χ2v) is 6.14. The van der Waals surface area contributed by atoms with Crippen LogP contribution >= 0.6 is 11.6 Å².